The van der Waals surface area contributed by atoms with E-state index in [4.69, 9.17) is 11.6 Å². The molecule has 3 heterocycles. The van der Waals surface area contributed by atoms with Crippen LogP contribution < -0.4 is 5.32 Å². The number of nitrogens with zero attached hydrogens (tertiary/aromatic N) is 1. The van der Waals surface area contributed by atoms with E-state index in [-0.39, 0.29) is 6.04 Å². The Morgan fingerprint density at radius 2 is 2.09 bits per heavy atom. The predicted molar refractivity (Wildman–Crippen MR) is 95.8 cm³/mol. The Morgan fingerprint density at radius 1 is 1.13 bits per heavy atom. The van der Waals surface area contributed by atoms with E-state index in [1.807, 2.05) is 23.5 Å². The van der Waals surface area contributed by atoms with E-state index in [1.165, 1.54) is 41.1 Å². The van der Waals surface area contributed by atoms with Gasteiger partial charge in [-0.2, -0.15) is 0 Å². The quantitative estimate of drug-likeness (QED) is 0.668. The number of aromatic nitrogens is 1. The Kier molecular flexibility index (Phi) is 3.15. The molecule has 1 N–H and O–H groups in total. The first-order valence-corrected chi connectivity index (χ1v) is 9.30. The third kappa shape index (κ3) is 2.11. The molecule has 0 radical (unpaired) electrons. The third-order valence-corrected chi connectivity index (χ3v) is 6.54. The van der Waals surface area contributed by atoms with Crippen molar-refractivity contribution < 1.29 is 0 Å². The molecule has 0 fully saturated rings. The van der Waals surface area contributed by atoms with Crippen molar-refractivity contribution in [2.45, 2.75) is 31.8 Å². The van der Waals surface area contributed by atoms with Gasteiger partial charge < -0.3 is 9.88 Å². The second-order valence-corrected chi connectivity index (χ2v) is 7.83. The van der Waals surface area contributed by atoms with Gasteiger partial charge in [0.1, 0.15) is 5.00 Å². The predicted octanol–water partition coefficient (Wildman–Crippen LogP) is 4.87. The maximum Gasteiger partial charge on any atom is 0.104 e. The molecule has 23 heavy (non-hydrogen) atoms. The van der Waals surface area contributed by atoms with Gasteiger partial charge in [0.05, 0.1) is 6.04 Å². The SMILES string of the molecule is Clc1cccc(C2NCc3c(sc4c3CCC4)-n3cccc32)c1. The summed E-state index contributed by atoms with van der Waals surface area (Å²) in [5.74, 6) is 0. The van der Waals surface area contributed by atoms with E-state index in [0.717, 1.165) is 11.6 Å². The van der Waals surface area contributed by atoms with Crippen LogP contribution in [0.25, 0.3) is 5.00 Å². The molecule has 116 valence electrons. The van der Waals surface area contributed by atoms with Crippen LogP contribution in [0.15, 0.2) is 42.6 Å². The Labute approximate surface area is 144 Å². The topological polar surface area (TPSA) is 17.0 Å². The van der Waals surface area contributed by atoms with Gasteiger partial charge >= 0.3 is 0 Å². The number of halogens is 1. The second-order valence-electron chi connectivity index (χ2n) is 6.31. The summed E-state index contributed by atoms with van der Waals surface area (Å²) < 4.78 is 2.38. The smallest absolute Gasteiger partial charge is 0.104 e. The van der Waals surface area contributed by atoms with E-state index in [2.05, 4.69) is 40.3 Å². The van der Waals surface area contributed by atoms with E-state index in [1.54, 1.807) is 10.4 Å². The van der Waals surface area contributed by atoms with Crippen LogP contribution in [-0.2, 0) is 19.4 Å². The highest BCUT2D eigenvalue weighted by Gasteiger charge is 2.29. The van der Waals surface area contributed by atoms with Gasteiger partial charge in [-0.3, -0.25) is 0 Å². The molecule has 1 aliphatic carbocycles. The van der Waals surface area contributed by atoms with Crippen molar-refractivity contribution in [3.63, 3.8) is 0 Å². The maximum atomic E-state index is 6.22. The minimum Gasteiger partial charge on any atom is -0.310 e. The first kappa shape index (κ1) is 13.8. The fourth-order valence-electron chi connectivity index (χ4n) is 3.93. The van der Waals surface area contributed by atoms with Gasteiger partial charge in [0.25, 0.3) is 0 Å². The monoisotopic (exact) mass is 340 g/mol. The lowest BCUT2D eigenvalue weighted by Crippen LogP contribution is -2.21. The zero-order valence-electron chi connectivity index (χ0n) is 12.7. The number of nitrogens with one attached hydrogen (secondary N) is 1. The van der Waals surface area contributed by atoms with Crippen molar-refractivity contribution in [3.8, 4) is 5.00 Å². The molecule has 2 aliphatic rings. The summed E-state index contributed by atoms with van der Waals surface area (Å²) in [7, 11) is 0. The molecule has 4 heteroatoms. The molecule has 5 rings (SSSR count). The van der Waals surface area contributed by atoms with Gasteiger partial charge in [-0.25, -0.2) is 0 Å². The van der Waals surface area contributed by atoms with Gasteiger partial charge in [-0.1, -0.05) is 23.7 Å². The molecule has 2 aromatic heterocycles. The molecule has 0 spiro atoms. The Balaban J connectivity index is 1.67. The van der Waals surface area contributed by atoms with Crippen LogP contribution in [0.2, 0.25) is 5.02 Å². The summed E-state index contributed by atoms with van der Waals surface area (Å²) in [6, 6.07) is 12.7. The number of benzene rings is 1. The summed E-state index contributed by atoms with van der Waals surface area (Å²) >= 11 is 8.20. The first-order valence-electron chi connectivity index (χ1n) is 8.11. The molecule has 0 saturated heterocycles. The summed E-state index contributed by atoms with van der Waals surface area (Å²) in [6.07, 6.45) is 6.00. The summed E-state index contributed by atoms with van der Waals surface area (Å²) in [4.78, 5) is 1.60. The highest BCUT2D eigenvalue weighted by molar-refractivity contribution is 7.15. The fourth-order valence-corrected chi connectivity index (χ4v) is 5.54. The van der Waals surface area contributed by atoms with Gasteiger partial charge in [-0.05, 0) is 54.7 Å². The number of fused-ring (bicyclic) bond motifs is 5. The minimum atomic E-state index is 0.181. The fraction of sp³-hybridized carbons (Fsp3) is 0.263. The molecule has 0 amide bonds. The van der Waals surface area contributed by atoms with Crippen molar-refractivity contribution in [2.24, 2.45) is 0 Å². The molecule has 1 aromatic carbocycles. The Bertz CT molecular complexity index is 893. The maximum absolute atomic E-state index is 6.22. The first-order chi connectivity index (χ1) is 11.3. The van der Waals surface area contributed by atoms with E-state index < -0.39 is 0 Å². The number of hydrogen-bond acceptors (Lipinski definition) is 2. The van der Waals surface area contributed by atoms with Crippen molar-refractivity contribution in [1.29, 1.82) is 0 Å². The van der Waals surface area contributed by atoms with Gasteiger partial charge in [-0.15, -0.1) is 11.3 Å². The van der Waals surface area contributed by atoms with E-state index >= 15 is 0 Å². The lowest BCUT2D eigenvalue weighted by molar-refractivity contribution is 0.599. The Morgan fingerprint density at radius 3 is 3.00 bits per heavy atom. The van der Waals surface area contributed by atoms with Crippen molar-refractivity contribution in [1.82, 2.24) is 9.88 Å². The lowest BCUT2D eigenvalue weighted by atomic mass is 10.0. The molecule has 2 nitrogen and oxygen atoms in total. The molecule has 0 bridgehead atoms. The van der Waals surface area contributed by atoms with Crippen LogP contribution in [0.1, 0.15) is 39.7 Å². The molecule has 1 atom stereocenters. The summed E-state index contributed by atoms with van der Waals surface area (Å²) in [6.45, 7) is 0.931. The molecule has 1 aliphatic heterocycles. The van der Waals surface area contributed by atoms with Gasteiger partial charge in [0.2, 0.25) is 0 Å². The lowest BCUT2D eigenvalue weighted by Gasteiger charge is -2.18. The van der Waals surface area contributed by atoms with Crippen molar-refractivity contribution in [2.75, 3.05) is 0 Å². The van der Waals surface area contributed by atoms with Crippen LogP contribution in [0.3, 0.4) is 0 Å². The van der Waals surface area contributed by atoms with Crippen molar-refractivity contribution in [3.05, 3.63) is 74.9 Å². The van der Waals surface area contributed by atoms with E-state index in [0.29, 0.717) is 0 Å². The largest absolute Gasteiger partial charge is 0.310 e. The second kappa shape index (κ2) is 5.23. The minimum absolute atomic E-state index is 0.181. The molecular formula is C19H17ClN2S. The van der Waals surface area contributed by atoms with Crippen LogP contribution in [0, 0.1) is 0 Å². The number of rotatable bonds is 1. The number of thiophene rings is 1. The standard InChI is InChI=1S/C19H17ClN2S/c20-13-5-1-4-12(10-13)18-16-7-3-9-22(16)19-15(11-21-18)14-6-2-8-17(14)23-19/h1,3-5,7,9-10,18,21H,2,6,8,11H2. The molecule has 3 aromatic rings. The Hall–Kier alpha value is -1.55. The molecular weight excluding hydrogens is 324 g/mol. The number of hydrogen-bond donors (Lipinski definition) is 1. The molecule has 0 saturated carbocycles. The number of aryl methyl sites for hydroxylation is 1. The summed E-state index contributed by atoms with van der Waals surface area (Å²) in [5, 5.41) is 5.97. The van der Waals surface area contributed by atoms with Crippen LogP contribution in [0.4, 0.5) is 0 Å². The highest BCUT2D eigenvalue weighted by atomic mass is 35.5. The zero-order chi connectivity index (χ0) is 15.4. The van der Waals surface area contributed by atoms with Crippen LogP contribution in [-0.4, -0.2) is 4.57 Å². The third-order valence-electron chi connectivity index (χ3n) is 4.97. The normalized spacial score (nSPS) is 19.1. The molecule has 1 unspecified atom stereocenters. The van der Waals surface area contributed by atoms with Crippen LogP contribution in [0.5, 0.6) is 0 Å². The highest BCUT2D eigenvalue weighted by Crippen LogP contribution is 2.41. The average Bonchev–Trinajstić information content (AvgIpc) is 3.22. The van der Waals surface area contributed by atoms with Crippen LogP contribution >= 0.6 is 22.9 Å². The van der Waals surface area contributed by atoms with Gasteiger partial charge in [0.15, 0.2) is 0 Å². The summed E-state index contributed by atoms with van der Waals surface area (Å²) in [5.41, 5.74) is 5.63. The average molecular weight is 341 g/mol. The van der Waals surface area contributed by atoms with Crippen molar-refractivity contribution >= 4 is 22.9 Å². The van der Waals surface area contributed by atoms with E-state index in [9.17, 15) is 0 Å². The van der Waals surface area contributed by atoms with Gasteiger partial charge in [0, 0.05) is 33.9 Å². The zero-order valence-corrected chi connectivity index (χ0v) is 14.3.